The molecule has 0 aromatic heterocycles. The lowest BCUT2D eigenvalue weighted by Gasteiger charge is -2.28. The first-order valence-corrected chi connectivity index (χ1v) is 12.4. The molecule has 0 spiro atoms. The Morgan fingerprint density at radius 1 is 0.769 bits per heavy atom. The Bertz CT molecular complexity index is 904. The lowest BCUT2D eigenvalue weighted by Crippen LogP contribution is -2.58. The Morgan fingerprint density at radius 3 is 1.74 bits per heavy atom. The van der Waals surface area contributed by atoms with E-state index in [1.54, 1.807) is 13.8 Å². The number of carbonyl (C=O) groups is 5. The van der Waals surface area contributed by atoms with Crippen LogP contribution in [0, 0.1) is 5.92 Å². The Kier molecular flexibility index (Phi) is 16.2. The molecule has 5 atom stereocenters. The van der Waals surface area contributed by atoms with Crippen molar-refractivity contribution in [2.45, 2.75) is 76.5 Å². The molecule has 0 aromatic rings. The van der Waals surface area contributed by atoms with E-state index in [-0.39, 0.29) is 44.3 Å². The van der Waals surface area contributed by atoms with Crippen molar-refractivity contribution in [1.29, 1.82) is 0 Å². The number of nitrogens with one attached hydrogen (secondary N) is 3. The number of hydrogen-bond donors (Lipinski definition) is 10. The molecule has 0 saturated carbocycles. The second-order valence-electron chi connectivity index (χ2n) is 8.93. The van der Waals surface area contributed by atoms with E-state index >= 15 is 0 Å². The van der Waals surface area contributed by atoms with Crippen LogP contribution in [0.2, 0.25) is 0 Å². The molecule has 5 unspecified atom stereocenters. The zero-order valence-corrected chi connectivity index (χ0v) is 22.3. The molecule has 0 saturated heterocycles. The van der Waals surface area contributed by atoms with Crippen LogP contribution in [0.4, 0.5) is 0 Å². The van der Waals surface area contributed by atoms with E-state index in [4.69, 9.17) is 33.8 Å². The van der Waals surface area contributed by atoms with Crippen LogP contribution in [0.5, 0.6) is 0 Å². The fraction of sp³-hybridized carbons (Fsp3) is 0.682. The summed E-state index contributed by atoms with van der Waals surface area (Å²) in [4.78, 5) is 68.8. The van der Waals surface area contributed by atoms with Gasteiger partial charge in [0.05, 0.1) is 12.5 Å². The van der Waals surface area contributed by atoms with Crippen LogP contribution in [0.15, 0.2) is 9.98 Å². The molecule has 0 aliphatic rings. The highest BCUT2D eigenvalue weighted by atomic mass is 16.4. The highest BCUT2D eigenvalue weighted by Crippen LogP contribution is 2.11. The number of aliphatic carboxylic acids is 2. The quantitative estimate of drug-likeness (QED) is 0.0419. The third kappa shape index (κ3) is 15.0. The Balaban J connectivity index is 5.63. The summed E-state index contributed by atoms with van der Waals surface area (Å²) in [6.07, 6.45) is 0.564. The molecule has 39 heavy (non-hydrogen) atoms. The summed E-state index contributed by atoms with van der Waals surface area (Å²) < 4.78 is 0. The first-order valence-electron chi connectivity index (χ1n) is 12.4. The van der Waals surface area contributed by atoms with E-state index in [2.05, 4.69) is 25.9 Å². The third-order valence-electron chi connectivity index (χ3n) is 5.67. The number of hydrogen-bond acceptors (Lipinski definition) is 8. The summed E-state index contributed by atoms with van der Waals surface area (Å²) in [6, 6.07) is -5.04. The van der Waals surface area contributed by atoms with Crippen molar-refractivity contribution in [2.75, 3.05) is 13.1 Å². The maximum Gasteiger partial charge on any atom is 0.326 e. The highest BCUT2D eigenvalue weighted by Gasteiger charge is 2.33. The fourth-order valence-corrected chi connectivity index (χ4v) is 3.29. The molecule has 0 aliphatic carbocycles. The Morgan fingerprint density at radius 2 is 1.28 bits per heavy atom. The standard InChI is InChI=1S/C22H42N10O7/c1-3-11(2)16(19(37)31-14(20(38)39)10-15(33)34)32-18(36)13(7-5-9-29-22(26)27)30-17(35)12(23)6-4-8-28-21(24)25/h11-14,16H,3-10,23H2,1-2H3,(H,30,35)(H,31,37)(H,32,36)(H,33,34)(H,38,39)(H4,24,25,28)(H4,26,27,29). The van der Waals surface area contributed by atoms with Crippen LogP contribution in [0.25, 0.3) is 0 Å². The molecule has 0 aromatic carbocycles. The minimum atomic E-state index is -1.70. The van der Waals surface area contributed by atoms with Crippen LogP contribution in [0.3, 0.4) is 0 Å². The van der Waals surface area contributed by atoms with E-state index in [0.717, 1.165) is 0 Å². The Labute approximate surface area is 226 Å². The van der Waals surface area contributed by atoms with Gasteiger partial charge >= 0.3 is 11.9 Å². The average molecular weight is 559 g/mol. The maximum absolute atomic E-state index is 13.2. The van der Waals surface area contributed by atoms with Gasteiger partial charge < -0.3 is 54.8 Å². The van der Waals surface area contributed by atoms with Crippen molar-refractivity contribution in [3.63, 3.8) is 0 Å². The molecule has 0 heterocycles. The first-order chi connectivity index (χ1) is 18.2. The van der Waals surface area contributed by atoms with Gasteiger partial charge in [-0.05, 0) is 31.6 Å². The van der Waals surface area contributed by atoms with Crippen molar-refractivity contribution in [1.82, 2.24) is 16.0 Å². The van der Waals surface area contributed by atoms with E-state index < -0.39 is 66.2 Å². The van der Waals surface area contributed by atoms with E-state index in [1.165, 1.54) is 0 Å². The van der Waals surface area contributed by atoms with Gasteiger partial charge in [0.2, 0.25) is 17.7 Å². The minimum absolute atomic E-state index is 0.0840. The SMILES string of the molecule is CCC(C)C(NC(=O)C(CCCN=C(N)N)NC(=O)C(N)CCCN=C(N)N)C(=O)NC(CC(=O)O)C(=O)O. The number of carboxylic acid groups (broad SMARTS) is 2. The molecule has 0 aliphatic heterocycles. The van der Waals surface area contributed by atoms with Crippen molar-refractivity contribution in [2.24, 2.45) is 44.6 Å². The summed E-state index contributed by atoms with van der Waals surface area (Å²) in [5.41, 5.74) is 27.1. The predicted molar refractivity (Wildman–Crippen MR) is 143 cm³/mol. The van der Waals surface area contributed by atoms with E-state index in [0.29, 0.717) is 12.8 Å². The Hall–Kier alpha value is -4.15. The molecular formula is C22H42N10O7. The van der Waals surface area contributed by atoms with Crippen molar-refractivity contribution in [3.8, 4) is 0 Å². The van der Waals surface area contributed by atoms with Gasteiger partial charge in [0.1, 0.15) is 18.1 Å². The van der Waals surface area contributed by atoms with Crippen molar-refractivity contribution < 1.29 is 34.2 Å². The zero-order chi connectivity index (χ0) is 30.1. The van der Waals surface area contributed by atoms with Gasteiger partial charge in [-0.2, -0.15) is 0 Å². The minimum Gasteiger partial charge on any atom is -0.481 e. The van der Waals surface area contributed by atoms with E-state index in [9.17, 15) is 29.1 Å². The van der Waals surface area contributed by atoms with Crippen molar-refractivity contribution >= 4 is 41.6 Å². The normalized spacial score (nSPS) is 14.4. The summed E-state index contributed by atoms with van der Waals surface area (Å²) in [5, 5.41) is 25.5. The highest BCUT2D eigenvalue weighted by molar-refractivity contribution is 5.94. The third-order valence-corrected chi connectivity index (χ3v) is 5.67. The summed E-state index contributed by atoms with van der Waals surface area (Å²) in [6.45, 7) is 3.82. The number of guanidine groups is 2. The smallest absolute Gasteiger partial charge is 0.326 e. The molecule has 17 heteroatoms. The fourth-order valence-electron chi connectivity index (χ4n) is 3.29. The first kappa shape index (κ1) is 34.9. The number of nitrogens with zero attached hydrogens (tertiary/aromatic N) is 2. The van der Waals surface area contributed by atoms with Crippen LogP contribution < -0.4 is 44.6 Å². The lowest BCUT2D eigenvalue weighted by molar-refractivity contribution is -0.147. The molecule has 0 rings (SSSR count). The van der Waals surface area contributed by atoms with Gasteiger partial charge in [0, 0.05) is 13.1 Å². The van der Waals surface area contributed by atoms with Gasteiger partial charge in [-0.15, -0.1) is 0 Å². The van der Waals surface area contributed by atoms with Crippen LogP contribution >= 0.6 is 0 Å². The predicted octanol–water partition coefficient (Wildman–Crippen LogP) is -3.52. The monoisotopic (exact) mass is 558 g/mol. The van der Waals surface area contributed by atoms with Crippen LogP contribution in [-0.4, -0.2) is 89.0 Å². The maximum atomic E-state index is 13.2. The average Bonchev–Trinajstić information content (AvgIpc) is 2.84. The van der Waals surface area contributed by atoms with Gasteiger partial charge in [0.25, 0.3) is 0 Å². The summed E-state index contributed by atoms with van der Waals surface area (Å²) in [5.74, 6) is -5.92. The second kappa shape index (κ2) is 18.2. The molecule has 0 bridgehead atoms. The molecule has 0 radical (unpaired) electrons. The molecular weight excluding hydrogens is 516 g/mol. The van der Waals surface area contributed by atoms with Gasteiger partial charge in [0.15, 0.2) is 11.9 Å². The topological polar surface area (TPSA) is 317 Å². The van der Waals surface area contributed by atoms with Gasteiger partial charge in [-0.3, -0.25) is 29.2 Å². The molecule has 17 nitrogen and oxygen atoms in total. The van der Waals surface area contributed by atoms with Gasteiger partial charge in [-0.1, -0.05) is 20.3 Å². The zero-order valence-electron chi connectivity index (χ0n) is 22.3. The van der Waals surface area contributed by atoms with Gasteiger partial charge in [-0.25, -0.2) is 4.79 Å². The van der Waals surface area contributed by atoms with Crippen LogP contribution in [-0.2, 0) is 24.0 Å². The van der Waals surface area contributed by atoms with E-state index in [1.807, 2.05) is 0 Å². The molecule has 0 fully saturated rings. The largest absolute Gasteiger partial charge is 0.481 e. The van der Waals surface area contributed by atoms with Crippen LogP contribution in [0.1, 0.15) is 52.4 Å². The number of aliphatic imine (C=N–C) groups is 2. The summed E-state index contributed by atoms with van der Waals surface area (Å²) in [7, 11) is 0. The number of carboxylic acids is 2. The number of rotatable bonds is 19. The number of amides is 3. The van der Waals surface area contributed by atoms with Crippen molar-refractivity contribution in [3.05, 3.63) is 0 Å². The number of carbonyl (C=O) groups excluding carboxylic acids is 3. The lowest BCUT2D eigenvalue weighted by atomic mass is 9.97. The molecule has 222 valence electrons. The summed E-state index contributed by atoms with van der Waals surface area (Å²) >= 11 is 0. The molecule has 15 N–H and O–H groups in total. The molecule has 3 amide bonds. The second-order valence-corrected chi connectivity index (χ2v) is 8.93. The number of nitrogens with two attached hydrogens (primary N) is 5.